The van der Waals surface area contributed by atoms with Crippen molar-refractivity contribution < 1.29 is 0 Å². The maximum atomic E-state index is 4.58. The van der Waals surface area contributed by atoms with Gasteiger partial charge in [-0.3, -0.25) is 4.99 Å². The van der Waals surface area contributed by atoms with Crippen molar-refractivity contribution in [1.29, 1.82) is 0 Å². The number of nitrogens with one attached hydrogen (secondary N) is 2. The minimum Gasteiger partial charge on any atom is -0.340 e. The summed E-state index contributed by atoms with van der Waals surface area (Å²) in [5.74, 6) is 0.915. The molecule has 4 heteroatoms. The van der Waals surface area contributed by atoms with Gasteiger partial charge in [-0.25, -0.2) is 4.98 Å². The zero-order chi connectivity index (χ0) is 12.7. The molecular weight excluding hydrogens is 236 g/mol. The van der Waals surface area contributed by atoms with Gasteiger partial charge in [-0.2, -0.15) is 0 Å². The van der Waals surface area contributed by atoms with Crippen LogP contribution in [0.25, 0.3) is 11.0 Å². The van der Waals surface area contributed by atoms with Crippen LogP contribution in [0.15, 0.2) is 53.7 Å². The Bertz CT molecular complexity index is 771. The number of rotatable bonds is 1. The van der Waals surface area contributed by atoms with E-state index in [-0.39, 0.29) is 0 Å². The molecule has 1 aliphatic heterocycles. The van der Waals surface area contributed by atoms with Crippen LogP contribution in [0, 0.1) is 0 Å². The summed E-state index contributed by atoms with van der Waals surface area (Å²) in [7, 11) is 0. The summed E-state index contributed by atoms with van der Waals surface area (Å²) < 4.78 is 0. The molecule has 0 unspecified atom stereocenters. The second kappa shape index (κ2) is 3.95. The first kappa shape index (κ1) is 10.3. The molecule has 0 fully saturated rings. The molecular formula is C15H12N4. The number of aromatic nitrogens is 2. The van der Waals surface area contributed by atoms with Crippen LogP contribution in [0.2, 0.25) is 0 Å². The Morgan fingerprint density at radius 2 is 1.89 bits per heavy atom. The SMILES string of the molecule is c1ccc(C2=NCc3[nH]c4ncccc4c3N2)cc1. The average molecular weight is 248 g/mol. The van der Waals surface area contributed by atoms with Crippen molar-refractivity contribution in [3.8, 4) is 0 Å². The Morgan fingerprint density at radius 3 is 2.79 bits per heavy atom. The van der Waals surface area contributed by atoms with E-state index in [0.717, 1.165) is 33.8 Å². The fraction of sp³-hybridized carbons (Fsp3) is 0.0667. The molecule has 2 aromatic heterocycles. The van der Waals surface area contributed by atoms with Gasteiger partial charge in [0.15, 0.2) is 0 Å². The van der Waals surface area contributed by atoms with Crippen LogP contribution in [0.4, 0.5) is 5.69 Å². The summed E-state index contributed by atoms with van der Waals surface area (Å²) in [6.45, 7) is 0.656. The number of H-pyrrole nitrogens is 1. The van der Waals surface area contributed by atoms with Crippen molar-refractivity contribution >= 4 is 22.6 Å². The van der Waals surface area contributed by atoms with Crippen LogP contribution in [0.5, 0.6) is 0 Å². The van der Waals surface area contributed by atoms with Gasteiger partial charge in [-0.1, -0.05) is 30.3 Å². The molecule has 92 valence electrons. The summed E-state index contributed by atoms with van der Waals surface area (Å²) in [4.78, 5) is 12.2. The molecule has 1 aromatic carbocycles. The molecule has 0 saturated heterocycles. The van der Waals surface area contributed by atoms with Crippen LogP contribution in [-0.2, 0) is 6.54 Å². The lowest BCUT2D eigenvalue weighted by Crippen LogP contribution is -2.18. The smallest absolute Gasteiger partial charge is 0.139 e. The van der Waals surface area contributed by atoms with E-state index in [9.17, 15) is 0 Å². The quantitative estimate of drug-likeness (QED) is 0.695. The molecule has 4 nitrogen and oxygen atoms in total. The summed E-state index contributed by atoms with van der Waals surface area (Å²) in [6.07, 6.45) is 1.79. The molecule has 0 amide bonds. The number of fused-ring (bicyclic) bond motifs is 3. The minimum absolute atomic E-state index is 0.656. The number of benzene rings is 1. The zero-order valence-electron chi connectivity index (χ0n) is 10.2. The first-order valence-electron chi connectivity index (χ1n) is 6.24. The molecule has 4 rings (SSSR count). The second-order valence-electron chi connectivity index (χ2n) is 4.53. The van der Waals surface area contributed by atoms with Gasteiger partial charge >= 0.3 is 0 Å². The molecule has 3 aromatic rings. The first-order chi connectivity index (χ1) is 9.42. The monoisotopic (exact) mass is 248 g/mol. The van der Waals surface area contributed by atoms with Crippen LogP contribution < -0.4 is 5.32 Å². The number of anilines is 1. The minimum atomic E-state index is 0.656. The number of aliphatic imine (C=N–C) groups is 1. The molecule has 0 aliphatic carbocycles. The van der Waals surface area contributed by atoms with Gasteiger partial charge in [-0.05, 0) is 12.1 Å². The van der Waals surface area contributed by atoms with E-state index in [0.29, 0.717) is 6.54 Å². The highest BCUT2D eigenvalue weighted by molar-refractivity contribution is 6.13. The van der Waals surface area contributed by atoms with Gasteiger partial charge in [0.2, 0.25) is 0 Å². The number of hydrogen-bond donors (Lipinski definition) is 2. The highest BCUT2D eigenvalue weighted by Crippen LogP contribution is 2.30. The topological polar surface area (TPSA) is 53.1 Å². The predicted octanol–water partition coefficient (Wildman–Crippen LogP) is 2.94. The van der Waals surface area contributed by atoms with E-state index >= 15 is 0 Å². The van der Waals surface area contributed by atoms with E-state index in [2.05, 4.69) is 38.5 Å². The molecule has 0 spiro atoms. The molecule has 0 bridgehead atoms. The first-order valence-corrected chi connectivity index (χ1v) is 6.24. The fourth-order valence-corrected chi connectivity index (χ4v) is 2.41. The van der Waals surface area contributed by atoms with Gasteiger partial charge in [0, 0.05) is 17.1 Å². The lowest BCUT2D eigenvalue weighted by Gasteiger charge is -2.15. The van der Waals surface area contributed by atoms with Gasteiger partial charge in [0.1, 0.15) is 11.5 Å². The maximum absolute atomic E-state index is 4.58. The lowest BCUT2D eigenvalue weighted by molar-refractivity contribution is 0.999. The molecule has 3 heterocycles. The average Bonchev–Trinajstić information content (AvgIpc) is 2.86. The van der Waals surface area contributed by atoms with E-state index in [1.165, 1.54) is 0 Å². The number of amidine groups is 1. The lowest BCUT2D eigenvalue weighted by atomic mass is 10.1. The highest BCUT2D eigenvalue weighted by atomic mass is 15.1. The third-order valence-corrected chi connectivity index (χ3v) is 3.33. The standard InChI is InChI=1S/C15H12N4/c1-2-5-10(6-3-1)14-17-9-12-13(19-14)11-7-4-8-16-15(11)18-12/h1-8H,9H2,(H,16,18)(H,17,19). The summed E-state index contributed by atoms with van der Waals surface area (Å²) in [5.41, 5.74) is 4.20. The van der Waals surface area contributed by atoms with E-state index < -0.39 is 0 Å². The molecule has 1 aliphatic rings. The molecule has 0 atom stereocenters. The van der Waals surface area contributed by atoms with Crippen molar-refractivity contribution in [2.45, 2.75) is 6.54 Å². The van der Waals surface area contributed by atoms with Gasteiger partial charge in [-0.15, -0.1) is 0 Å². The third kappa shape index (κ3) is 1.61. The maximum Gasteiger partial charge on any atom is 0.139 e. The Labute approximate surface area is 110 Å². The molecule has 2 N–H and O–H groups in total. The number of hydrogen-bond acceptors (Lipinski definition) is 3. The largest absolute Gasteiger partial charge is 0.340 e. The van der Waals surface area contributed by atoms with Gasteiger partial charge in [0.25, 0.3) is 0 Å². The van der Waals surface area contributed by atoms with Crippen LogP contribution in [0.1, 0.15) is 11.3 Å². The molecule has 19 heavy (non-hydrogen) atoms. The van der Waals surface area contributed by atoms with Crippen molar-refractivity contribution in [3.63, 3.8) is 0 Å². The summed E-state index contributed by atoms with van der Waals surface area (Å²) >= 11 is 0. The van der Waals surface area contributed by atoms with Crippen molar-refractivity contribution in [2.75, 3.05) is 5.32 Å². The molecule has 0 saturated carbocycles. The predicted molar refractivity (Wildman–Crippen MR) is 76.4 cm³/mol. The van der Waals surface area contributed by atoms with Crippen molar-refractivity contribution in [2.24, 2.45) is 4.99 Å². The van der Waals surface area contributed by atoms with Gasteiger partial charge < -0.3 is 10.3 Å². The summed E-state index contributed by atoms with van der Waals surface area (Å²) in [5, 5.41) is 4.53. The van der Waals surface area contributed by atoms with Crippen molar-refractivity contribution in [1.82, 2.24) is 9.97 Å². The van der Waals surface area contributed by atoms with Crippen LogP contribution in [-0.4, -0.2) is 15.8 Å². The number of nitrogens with zero attached hydrogens (tertiary/aromatic N) is 2. The van der Waals surface area contributed by atoms with E-state index in [1.54, 1.807) is 6.20 Å². The van der Waals surface area contributed by atoms with Crippen LogP contribution >= 0.6 is 0 Å². The van der Waals surface area contributed by atoms with Crippen molar-refractivity contribution in [3.05, 3.63) is 59.9 Å². The normalized spacial score (nSPS) is 13.8. The van der Waals surface area contributed by atoms with Gasteiger partial charge in [0.05, 0.1) is 17.9 Å². The zero-order valence-corrected chi connectivity index (χ0v) is 10.2. The number of pyridine rings is 1. The second-order valence-corrected chi connectivity index (χ2v) is 4.53. The fourth-order valence-electron chi connectivity index (χ4n) is 2.41. The van der Waals surface area contributed by atoms with Crippen LogP contribution in [0.3, 0.4) is 0 Å². The highest BCUT2D eigenvalue weighted by Gasteiger charge is 2.18. The Hall–Kier alpha value is -2.62. The Kier molecular flexibility index (Phi) is 2.14. The number of aromatic amines is 1. The van der Waals surface area contributed by atoms with E-state index in [4.69, 9.17) is 0 Å². The molecule has 0 radical (unpaired) electrons. The summed E-state index contributed by atoms with van der Waals surface area (Å²) in [6, 6.07) is 14.2. The Morgan fingerprint density at radius 1 is 1.00 bits per heavy atom. The van der Waals surface area contributed by atoms with E-state index in [1.807, 2.05) is 24.3 Å². The third-order valence-electron chi connectivity index (χ3n) is 3.33. The Balaban J connectivity index is 1.81.